The summed E-state index contributed by atoms with van der Waals surface area (Å²) in [5.74, 6) is -1.54. The van der Waals surface area contributed by atoms with Crippen LogP contribution in [0.4, 0.5) is 4.79 Å². The number of hydrogen-bond acceptors (Lipinski definition) is 8. The molecule has 1 fully saturated rings. The number of rotatable bonds is 7. The van der Waals surface area contributed by atoms with Crippen LogP contribution in [0.15, 0.2) is 35.9 Å². The highest BCUT2D eigenvalue weighted by Gasteiger charge is 2.35. The van der Waals surface area contributed by atoms with Crippen molar-refractivity contribution in [2.45, 2.75) is 17.7 Å². The quantitative estimate of drug-likeness (QED) is 0.386. The average Bonchev–Trinajstić information content (AvgIpc) is 2.70. The zero-order chi connectivity index (χ0) is 21.4. The van der Waals surface area contributed by atoms with Gasteiger partial charge in [0, 0.05) is 29.4 Å². The smallest absolute Gasteiger partial charge is 0.478 e. The zero-order valence-electron chi connectivity index (χ0n) is 16.0. The van der Waals surface area contributed by atoms with Crippen LogP contribution in [-0.2, 0) is 23.8 Å². The van der Waals surface area contributed by atoms with Gasteiger partial charge in [0.25, 0.3) is 0 Å². The van der Waals surface area contributed by atoms with Gasteiger partial charge in [0.2, 0.25) is 0 Å². The molecule has 1 aromatic rings. The standard InChI is InChI=1S/C19H22ClNO7S/c1-26-18(24)17(13-5-3-4-6-14(13)20)21-8-7-15(12(10-21)9-16(22)23)29-11-28-19(25)27-2/h3-6,9,15,17H,7-8,10-11H2,1-2H3,(H,22,23)/b12-9-/t15-,17+/m1/s1. The normalized spacial score (nSPS) is 19.4. The number of methoxy groups -OCH3 is 2. The maximum Gasteiger partial charge on any atom is 0.508 e. The molecular weight excluding hydrogens is 422 g/mol. The number of carboxylic acid groups (broad SMARTS) is 1. The van der Waals surface area contributed by atoms with Crippen LogP contribution in [0, 0.1) is 0 Å². The van der Waals surface area contributed by atoms with E-state index in [0.29, 0.717) is 29.1 Å². The van der Waals surface area contributed by atoms with Crippen LogP contribution in [0.3, 0.4) is 0 Å². The van der Waals surface area contributed by atoms with Gasteiger partial charge in [0.05, 0.1) is 14.2 Å². The highest BCUT2D eigenvalue weighted by Crippen LogP contribution is 2.35. The summed E-state index contributed by atoms with van der Waals surface area (Å²) in [5.41, 5.74) is 1.19. The fraction of sp³-hybridized carbons (Fsp3) is 0.421. The molecule has 0 saturated carbocycles. The zero-order valence-corrected chi connectivity index (χ0v) is 17.6. The first-order chi connectivity index (χ1) is 13.9. The monoisotopic (exact) mass is 443 g/mol. The Kier molecular flexibility index (Phi) is 8.81. The molecule has 1 aliphatic rings. The van der Waals surface area contributed by atoms with Crippen LogP contribution in [-0.4, -0.2) is 66.6 Å². The molecule has 0 aliphatic carbocycles. The fourth-order valence-electron chi connectivity index (χ4n) is 3.10. The summed E-state index contributed by atoms with van der Waals surface area (Å²) in [6.07, 6.45) is 0.873. The van der Waals surface area contributed by atoms with Crippen LogP contribution < -0.4 is 0 Å². The summed E-state index contributed by atoms with van der Waals surface area (Å²) in [4.78, 5) is 36.8. The molecule has 0 amide bonds. The Hall–Kier alpha value is -2.23. The lowest BCUT2D eigenvalue weighted by molar-refractivity contribution is -0.147. The van der Waals surface area contributed by atoms with Gasteiger partial charge in [-0.15, -0.1) is 11.8 Å². The molecule has 1 saturated heterocycles. The van der Waals surface area contributed by atoms with Crippen LogP contribution in [0.5, 0.6) is 0 Å². The number of carboxylic acids is 1. The first-order valence-electron chi connectivity index (χ1n) is 8.69. The van der Waals surface area contributed by atoms with Crippen molar-refractivity contribution in [2.75, 3.05) is 33.2 Å². The number of piperidine rings is 1. The second-order valence-electron chi connectivity index (χ2n) is 6.14. The molecule has 1 aliphatic heterocycles. The van der Waals surface area contributed by atoms with E-state index in [1.807, 2.05) is 4.90 Å². The number of benzene rings is 1. The number of carbonyl (C=O) groups excluding carboxylic acids is 2. The van der Waals surface area contributed by atoms with Crippen LogP contribution in [0.2, 0.25) is 5.02 Å². The molecule has 0 spiro atoms. The molecule has 0 radical (unpaired) electrons. The number of likely N-dealkylation sites (tertiary alicyclic amines) is 1. The van der Waals surface area contributed by atoms with Gasteiger partial charge >= 0.3 is 18.1 Å². The number of carbonyl (C=O) groups is 3. The lowest BCUT2D eigenvalue weighted by Crippen LogP contribution is -2.43. The minimum Gasteiger partial charge on any atom is -0.478 e. The highest BCUT2D eigenvalue weighted by atomic mass is 35.5. The molecule has 2 rings (SSSR count). The van der Waals surface area contributed by atoms with Crippen molar-refractivity contribution in [1.82, 2.24) is 4.90 Å². The highest BCUT2D eigenvalue weighted by molar-refractivity contribution is 7.99. The first-order valence-corrected chi connectivity index (χ1v) is 10.1. The van der Waals surface area contributed by atoms with Gasteiger partial charge in [-0.2, -0.15) is 0 Å². The summed E-state index contributed by atoms with van der Waals surface area (Å²) >= 11 is 7.59. The molecule has 1 N–H and O–H groups in total. The van der Waals surface area contributed by atoms with Crippen molar-refractivity contribution in [3.05, 3.63) is 46.5 Å². The Bertz CT molecular complexity index is 786. The molecule has 158 valence electrons. The average molecular weight is 444 g/mol. The summed E-state index contributed by atoms with van der Waals surface area (Å²) in [6, 6.07) is 6.21. The maximum absolute atomic E-state index is 12.5. The van der Waals surface area contributed by atoms with E-state index in [1.165, 1.54) is 26.0 Å². The largest absolute Gasteiger partial charge is 0.508 e. The second kappa shape index (κ2) is 11.1. The molecule has 1 aromatic carbocycles. The van der Waals surface area contributed by atoms with E-state index in [4.69, 9.17) is 21.1 Å². The predicted molar refractivity (Wildman–Crippen MR) is 108 cm³/mol. The summed E-state index contributed by atoms with van der Waals surface area (Å²) in [6.45, 7) is 0.727. The van der Waals surface area contributed by atoms with Crippen LogP contribution in [0.25, 0.3) is 0 Å². The van der Waals surface area contributed by atoms with Gasteiger partial charge in [0.1, 0.15) is 12.0 Å². The van der Waals surface area contributed by atoms with E-state index >= 15 is 0 Å². The number of aliphatic carboxylic acids is 1. The van der Waals surface area contributed by atoms with E-state index in [9.17, 15) is 19.5 Å². The molecule has 0 unspecified atom stereocenters. The molecule has 2 atom stereocenters. The molecule has 1 heterocycles. The third-order valence-corrected chi connectivity index (χ3v) is 5.93. The fourth-order valence-corrected chi connectivity index (χ4v) is 4.29. The minimum atomic E-state index is -1.09. The molecule has 0 bridgehead atoms. The predicted octanol–water partition coefficient (Wildman–Crippen LogP) is 3.11. The Balaban J connectivity index is 2.22. The Morgan fingerprint density at radius 2 is 2.03 bits per heavy atom. The van der Waals surface area contributed by atoms with Crippen molar-refractivity contribution in [1.29, 1.82) is 0 Å². The van der Waals surface area contributed by atoms with Gasteiger partial charge in [-0.1, -0.05) is 29.8 Å². The minimum absolute atomic E-state index is 0.0270. The van der Waals surface area contributed by atoms with Crippen LogP contribution in [0.1, 0.15) is 18.0 Å². The molecular formula is C19H22ClNO7S. The van der Waals surface area contributed by atoms with Gasteiger partial charge in [-0.05, 0) is 23.6 Å². The third-order valence-electron chi connectivity index (χ3n) is 4.39. The van der Waals surface area contributed by atoms with Gasteiger partial charge in [-0.25, -0.2) is 14.4 Å². The number of thioether (sulfide) groups is 1. The number of nitrogens with zero attached hydrogens (tertiary/aromatic N) is 1. The molecule has 29 heavy (non-hydrogen) atoms. The van der Waals surface area contributed by atoms with E-state index in [0.717, 1.165) is 6.08 Å². The summed E-state index contributed by atoms with van der Waals surface area (Å²) in [5, 5.41) is 9.50. The summed E-state index contributed by atoms with van der Waals surface area (Å²) in [7, 11) is 2.51. The second-order valence-corrected chi connectivity index (χ2v) is 7.68. The summed E-state index contributed by atoms with van der Waals surface area (Å²) < 4.78 is 14.3. The van der Waals surface area contributed by atoms with E-state index in [2.05, 4.69) is 4.74 Å². The van der Waals surface area contributed by atoms with E-state index < -0.39 is 24.1 Å². The number of esters is 1. The first kappa shape index (κ1) is 23.1. The maximum atomic E-state index is 12.5. The Morgan fingerprint density at radius 1 is 1.31 bits per heavy atom. The molecule has 10 heteroatoms. The van der Waals surface area contributed by atoms with E-state index in [-0.39, 0.29) is 17.7 Å². The van der Waals surface area contributed by atoms with Gasteiger partial charge in [0.15, 0.2) is 0 Å². The van der Waals surface area contributed by atoms with Crippen molar-refractivity contribution < 1.29 is 33.7 Å². The lowest BCUT2D eigenvalue weighted by atomic mass is 9.98. The number of hydrogen-bond donors (Lipinski definition) is 1. The van der Waals surface area contributed by atoms with Gasteiger partial charge in [-0.3, -0.25) is 4.90 Å². The SMILES string of the molecule is COC(=O)OCS[C@@H]1CCN([C@H](C(=O)OC)c2ccccc2Cl)C/C1=C/C(=O)O. The van der Waals surface area contributed by atoms with Crippen LogP contribution >= 0.6 is 23.4 Å². The lowest BCUT2D eigenvalue weighted by Gasteiger charge is -2.37. The molecule has 8 nitrogen and oxygen atoms in total. The number of ether oxygens (including phenoxy) is 3. The molecule has 0 aromatic heterocycles. The van der Waals surface area contributed by atoms with Crippen molar-refractivity contribution in [3.63, 3.8) is 0 Å². The topological polar surface area (TPSA) is 102 Å². The third kappa shape index (κ3) is 6.38. The van der Waals surface area contributed by atoms with Crippen molar-refractivity contribution >= 4 is 41.5 Å². The van der Waals surface area contributed by atoms with E-state index in [1.54, 1.807) is 24.3 Å². The Labute approximate surface area is 177 Å². The van der Waals surface area contributed by atoms with Crippen molar-refractivity contribution in [3.8, 4) is 0 Å². The van der Waals surface area contributed by atoms with Crippen molar-refractivity contribution in [2.24, 2.45) is 0 Å². The van der Waals surface area contributed by atoms with Gasteiger partial charge < -0.3 is 19.3 Å². The number of halogens is 1. The Morgan fingerprint density at radius 3 is 2.66 bits per heavy atom.